The van der Waals surface area contributed by atoms with Gasteiger partial charge in [0, 0.05) is 18.1 Å². The van der Waals surface area contributed by atoms with Gasteiger partial charge in [-0.15, -0.1) is 0 Å². The van der Waals surface area contributed by atoms with E-state index in [1.54, 1.807) is 32.2 Å². The molecule has 25 heavy (non-hydrogen) atoms. The molecule has 0 bridgehead atoms. The topological polar surface area (TPSA) is 75.4 Å². The van der Waals surface area contributed by atoms with Gasteiger partial charge in [-0.1, -0.05) is 42.7 Å². The number of aromatic nitrogens is 1. The summed E-state index contributed by atoms with van der Waals surface area (Å²) in [4.78, 5) is 26.4. The van der Waals surface area contributed by atoms with Crippen molar-refractivity contribution in [2.45, 2.75) is 26.7 Å². The Kier molecular flexibility index (Phi) is 6.20. The van der Waals surface area contributed by atoms with Gasteiger partial charge in [-0.2, -0.15) is 0 Å². The van der Waals surface area contributed by atoms with E-state index in [1.807, 2.05) is 26.0 Å². The summed E-state index contributed by atoms with van der Waals surface area (Å²) in [6, 6.07) is 8.83. The van der Waals surface area contributed by atoms with Crippen molar-refractivity contribution < 1.29 is 14.1 Å². The molecular weight excluding hydrogens is 342 g/mol. The number of likely N-dealkylation sites (N-methyl/N-ethyl adjacent to an activating group) is 1. The second-order valence-electron chi connectivity index (χ2n) is 6.34. The van der Waals surface area contributed by atoms with E-state index in [0.717, 1.165) is 5.56 Å². The standard InChI is InChI=1S/C18H22ClN3O3/c1-11(2)17(13-5-7-14(19)8-6-13)18(24)22(4)10-16(23)20-15-9-12(3)25-21-15/h5-9,11,17H,10H2,1-4H3,(H,20,21,23)/t17-/m1/s1. The quantitative estimate of drug-likeness (QED) is 0.852. The predicted octanol–water partition coefficient (Wildman–Crippen LogP) is 3.47. The number of rotatable bonds is 6. The molecule has 0 fully saturated rings. The molecule has 1 aromatic heterocycles. The second-order valence-corrected chi connectivity index (χ2v) is 6.77. The number of anilines is 1. The molecule has 0 aliphatic heterocycles. The summed E-state index contributed by atoms with van der Waals surface area (Å²) in [6.07, 6.45) is 0. The number of nitrogens with one attached hydrogen (secondary N) is 1. The average molecular weight is 364 g/mol. The van der Waals surface area contributed by atoms with Crippen LogP contribution < -0.4 is 5.32 Å². The Balaban J connectivity index is 2.05. The van der Waals surface area contributed by atoms with Crippen LogP contribution in [0.3, 0.4) is 0 Å². The monoisotopic (exact) mass is 363 g/mol. The summed E-state index contributed by atoms with van der Waals surface area (Å²) < 4.78 is 4.90. The van der Waals surface area contributed by atoms with Gasteiger partial charge in [-0.25, -0.2) is 0 Å². The number of nitrogens with zero attached hydrogens (tertiary/aromatic N) is 2. The summed E-state index contributed by atoms with van der Waals surface area (Å²) >= 11 is 5.92. The Morgan fingerprint density at radius 3 is 2.44 bits per heavy atom. The molecule has 0 unspecified atom stereocenters. The van der Waals surface area contributed by atoms with Crippen molar-refractivity contribution in [1.29, 1.82) is 0 Å². The first-order valence-corrected chi connectivity index (χ1v) is 8.39. The fraction of sp³-hybridized carbons (Fsp3) is 0.389. The van der Waals surface area contributed by atoms with Crippen LogP contribution in [0.4, 0.5) is 5.82 Å². The van der Waals surface area contributed by atoms with Crippen molar-refractivity contribution in [3.05, 3.63) is 46.7 Å². The van der Waals surface area contributed by atoms with Crippen LogP contribution in [-0.4, -0.2) is 35.5 Å². The fourth-order valence-electron chi connectivity index (χ4n) is 2.62. The van der Waals surface area contributed by atoms with Gasteiger partial charge >= 0.3 is 0 Å². The van der Waals surface area contributed by atoms with Crippen molar-refractivity contribution in [2.75, 3.05) is 18.9 Å². The minimum Gasteiger partial charge on any atom is -0.360 e. The van der Waals surface area contributed by atoms with Crippen molar-refractivity contribution in [3.63, 3.8) is 0 Å². The lowest BCUT2D eigenvalue weighted by Crippen LogP contribution is -2.39. The van der Waals surface area contributed by atoms with Crippen LogP contribution in [0.1, 0.15) is 31.1 Å². The first kappa shape index (κ1) is 19.0. The van der Waals surface area contributed by atoms with Crippen LogP contribution >= 0.6 is 11.6 Å². The molecule has 1 heterocycles. The van der Waals surface area contributed by atoms with Crippen LogP contribution in [0.15, 0.2) is 34.9 Å². The maximum Gasteiger partial charge on any atom is 0.245 e. The average Bonchev–Trinajstić information content (AvgIpc) is 2.93. The number of carbonyl (C=O) groups is 2. The van der Waals surface area contributed by atoms with Gasteiger partial charge in [0.05, 0.1) is 12.5 Å². The molecule has 0 saturated carbocycles. The summed E-state index contributed by atoms with van der Waals surface area (Å²) in [7, 11) is 1.61. The van der Waals surface area contributed by atoms with E-state index in [1.165, 1.54) is 4.90 Å². The Morgan fingerprint density at radius 1 is 1.28 bits per heavy atom. The molecule has 2 aromatic rings. The van der Waals surface area contributed by atoms with Gasteiger partial charge in [0.15, 0.2) is 5.82 Å². The van der Waals surface area contributed by atoms with E-state index in [2.05, 4.69) is 10.5 Å². The smallest absolute Gasteiger partial charge is 0.245 e. The number of hydrogen-bond acceptors (Lipinski definition) is 4. The first-order chi connectivity index (χ1) is 11.8. The van der Waals surface area contributed by atoms with E-state index in [0.29, 0.717) is 16.6 Å². The zero-order valence-corrected chi connectivity index (χ0v) is 15.5. The maximum atomic E-state index is 12.8. The molecular formula is C18H22ClN3O3. The van der Waals surface area contributed by atoms with Gasteiger partial charge in [-0.05, 0) is 30.5 Å². The molecule has 0 saturated heterocycles. The summed E-state index contributed by atoms with van der Waals surface area (Å²) in [5.74, 6) is 0.220. The zero-order valence-electron chi connectivity index (χ0n) is 14.7. The lowest BCUT2D eigenvalue weighted by Gasteiger charge is -2.26. The largest absolute Gasteiger partial charge is 0.360 e. The molecule has 2 rings (SSSR count). The Morgan fingerprint density at radius 2 is 1.92 bits per heavy atom. The lowest BCUT2D eigenvalue weighted by atomic mass is 9.87. The van der Waals surface area contributed by atoms with E-state index < -0.39 is 0 Å². The van der Waals surface area contributed by atoms with Crippen molar-refractivity contribution in [2.24, 2.45) is 5.92 Å². The van der Waals surface area contributed by atoms with Gasteiger partial charge in [0.25, 0.3) is 0 Å². The van der Waals surface area contributed by atoms with E-state index >= 15 is 0 Å². The highest BCUT2D eigenvalue weighted by atomic mass is 35.5. The summed E-state index contributed by atoms with van der Waals surface area (Å²) in [5, 5.41) is 6.93. The maximum absolute atomic E-state index is 12.8. The second kappa shape index (κ2) is 8.16. The van der Waals surface area contributed by atoms with E-state index in [9.17, 15) is 9.59 Å². The minimum absolute atomic E-state index is 0.0679. The van der Waals surface area contributed by atoms with Gasteiger partial charge < -0.3 is 14.7 Å². The number of halogens is 1. The van der Waals surface area contributed by atoms with E-state index in [-0.39, 0.29) is 30.2 Å². The molecule has 0 aliphatic carbocycles. The Bertz CT molecular complexity index is 740. The van der Waals surface area contributed by atoms with Gasteiger partial charge in [-0.3, -0.25) is 9.59 Å². The normalized spacial score (nSPS) is 12.1. The highest BCUT2D eigenvalue weighted by Gasteiger charge is 2.28. The molecule has 1 aromatic carbocycles. The number of aryl methyl sites for hydroxylation is 1. The van der Waals surface area contributed by atoms with E-state index in [4.69, 9.17) is 16.1 Å². The number of amides is 2. The Labute approximate surface area is 152 Å². The van der Waals surface area contributed by atoms with Crippen LogP contribution in [-0.2, 0) is 9.59 Å². The molecule has 0 aliphatic rings. The number of carbonyl (C=O) groups excluding carboxylic acids is 2. The molecule has 1 atom stereocenters. The fourth-order valence-corrected chi connectivity index (χ4v) is 2.75. The van der Waals surface area contributed by atoms with Crippen LogP contribution in [0.25, 0.3) is 0 Å². The molecule has 6 nitrogen and oxygen atoms in total. The molecule has 1 N–H and O–H groups in total. The SMILES string of the molecule is Cc1cc(NC(=O)CN(C)C(=O)[C@@H](c2ccc(Cl)cc2)C(C)C)no1. The third kappa shape index (κ3) is 5.06. The van der Waals surface area contributed by atoms with Crippen molar-refractivity contribution in [3.8, 4) is 0 Å². The third-order valence-electron chi connectivity index (χ3n) is 3.81. The molecule has 0 radical (unpaired) electrons. The number of benzene rings is 1. The highest BCUT2D eigenvalue weighted by Crippen LogP contribution is 2.27. The van der Waals surface area contributed by atoms with Crippen LogP contribution in [0.2, 0.25) is 5.02 Å². The lowest BCUT2D eigenvalue weighted by molar-refractivity contribution is -0.135. The molecule has 0 spiro atoms. The first-order valence-electron chi connectivity index (χ1n) is 8.01. The molecule has 7 heteroatoms. The third-order valence-corrected chi connectivity index (χ3v) is 4.07. The van der Waals surface area contributed by atoms with Crippen molar-refractivity contribution in [1.82, 2.24) is 10.1 Å². The predicted molar refractivity (Wildman–Crippen MR) is 96.5 cm³/mol. The molecule has 2 amide bonds. The minimum atomic E-state index is -0.343. The molecule has 134 valence electrons. The van der Waals surface area contributed by atoms with Crippen LogP contribution in [0.5, 0.6) is 0 Å². The van der Waals surface area contributed by atoms with Crippen LogP contribution in [0, 0.1) is 12.8 Å². The zero-order chi connectivity index (χ0) is 18.6. The summed E-state index contributed by atoms with van der Waals surface area (Å²) in [6.45, 7) is 5.62. The summed E-state index contributed by atoms with van der Waals surface area (Å²) in [5.41, 5.74) is 0.879. The highest BCUT2D eigenvalue weighted by molar-refractivity contribution is 6.30. The van der Waals surface area contributed by atoms with Gasteiger partial charge in [0.1, 0.15) is 5.76 Å². The Hall–Kier alpha value is -2.34. The van der Waals surface area contributed by atoms with Crippen molar-refractivity contribution >= 4 is 29.2 Å². The van der Waals surface area contributed by atoms with Gasteiger partial charge in [0.2, 0.25) is 11.8 Å². The number of hydrogen-bond donors (Lipinski definition) is 1.